The zero-order chi connectivity index (χ0) is 21.3. The molecule has 1 aliphatic rings. The Balaban J connectivity index is 1.94. The Bertz CT molecular complexity index is 1090. The van der Waals surface area contributed by atoms with Crippen molar-refractivity contribution >= 4 is 23.3 Å². The number of benzene rings is 3. The summed E-state index contributed by atoms with van der Waals surface area (Å²) in [6, 6.07) is 19.4. The number of carbonyl (C=O) groups is 1. The van der Waals surface area contributed by atoms with E-state index in [0.717, 1.165) is 47.0 Å². The van der Waals surface area contributed by atoms with Gasteiger partial charge in [0.15, 0.2) is 0 Å². The summed E-state index contributed by atoms with van der Waals surface area (Å²) < 4.78 is 11.3. The zero-order valence-corrected chi connectivity index (χ0v) is 18.1. The second-order valence-electron chi connectivity index (χ2n) is 7.19. The molecule has 4 nitrogen and oxygen atoms in total. The van der Waals surface area contributed by atoms with Crippen LogP contribution in [0.3, 0.4) is 0 Å². The third-order valence-corrected chi connectivity index (χ3v) is 5.85. The van der Waals surface area contributed by atoms with Crippen LogP contribution >= 0.6 is 11.6 Å². The van der Waals surface area contributed by atoms with Crippen molar-refractivity contribution in [2.24, 2.45) is 0 Å². The van der Waals surface area contributed by atoms with Crippen molar-refractivity contribution < 1.29 is 14.3 Å². The third kappa shape index (κ3) is 3.52. The average molecular weight is 422 g/mol. The molecule has 0 amide bonds. The van der Waals surface area contributed by atoms with E-state index >= 15 is 0 Å². The molecule has 0 aromatic heterocycles. The quantitative estimate of drug-likeness (QED) is 0.356. The highest BCUT2D eigenvalue weighted by Gasteiger charge is 2.32. The minimum absolute atomic E-state index is 0.191. The Morgan fingerprint density at radius 2 is 1.73 bits per heavy atom. The van der Waals surface area contributed by atoms with Gasteiger partial charge in [-0.2, -0.15) is 0 Å². The lowest BCUT2D eigenvalue weighted by Gasteiger charge is -2.31. The maximum Gasteiger partial charge on any atom is 0.338 e. The van der Waals surface area contributed by atoms with Crippen molar-refractivity contribution in [2.45, 2.75) is 19.8 Å². The molecule has 0 saturated carbocycles. The molecule has 4 rings (SSSR count). The molecule has 0 bridgehead atoms. The fourth-order valence-corrected chi connectivity index (χ4v) is 4.32. The number of halogens is 1. The van der Waals surface area contributed by atoms with Crippen molar-refractivity contribution in [1.29, 1.82) is 0 Å². The monoisotopic (exact) mass is 421 g/mol. The molecule has 0 spiro atoms. The lowest BCUT2D eigenvalue weighted by atomic mass is 9.80. The normalized spacial score (nSPS) is 14.3. The summed E-state index contributed by atoms with van der Waals surface area (Å²) in [7, 11) is 1.40. The van der Waals surface area contributed by atoms with Crippen LogP contribution in [-0.2, 0) is 4.74 Å². The zero-order valence-electron chi connectivity index (χ0n) is 17.3. The molecule has 1 aliphatic heterocycles. The van der Waals surface area contributed by atoms with Crippen LogP contribution in [0.2, 0.25) is 5.02 Å². The number of methoxy groups -OCH3 is 1. The predicted octanol–water partition coefficient (Wildman–Crippen LogP) is 6.26. The van der Waals surface area contributed by atoms with Gasteiger partial charge in [0.05, 0.1) is 12.7 Å². The second-order valence-corrected chi connectivity index (χ2v) is 7.63. The van der Waals surface area contributed by atoms with Gasteiger partial charge in [0, 0.05) is 46.9 Å². The fourth-order valence-electron chi connectivity index (χ4n) is 4.14. The van der Waals surface area contributed by atoms with Crippen molar-refractivity contribution in [3.8, 4) is 11.5 Å². The van der Waals surface area contributed by atoms with E-state index in [4.69, 9.17) is 21.1 Å². The molecular weight excluding hydrogens is 398 g/mol. The summed E-state index contributed by atoms with van der Waals surface area (Å²) in [5.74, 6) is 0.984. The first-order valence-corrected chi connectivity index (χ1v) is 10.5. The summed E-state index contributed by atoms with van der Waals surface area (Å²) in [4.78, 5) is 14.8. The van der Waals surface area contributed by atoms with Gasteiger partial charge in [-0.25, -0.2) is 4.79 Å². The molecule has 30 heavy (non-hydrogen) atoms. The van der Waals surface area contributed by atoms with Gasteiger partial charge in [-0.15, -0.1) is 0 Å². The molecular formula is C25H24ClNO3. The van der Waals surface area contributed by atoms with Crippen LogP contribution in [-0.4, -0.2) is 26.2 Å². The van der Waals surface area contributed by atoms with Gasteiger partial charge in [-0.3, -0.25) is 0 Å². The number of anilines is 1. The summed E-state index contributed by atoms with van der Waals surface area (Å²) in [6.07, 6.45) is 0. The Morgan fingerprint density at radius 3 is 2.47 bits per heavy atom. The highest BCUT2D eigenvalue weighted by molar-refractivity contribution is 6.30. The molecule has 0 saturated heterocycles. The minimum atomic E-state index is -0.359. The van der Waals surface area contributed by atoms with Gasteiger partial charge in [-0.1, -0.05) is 35.9 Å². The molecule has 0 fully saturated rings. The number of hydrogen-bond acceptors (Lipinski definition) is 4. The van der Waals surface area contributed by atoms with Gasteiger partial charge < -0.3 is 14.4 Å². The molecule has 1 unspecified atom stereocenters. The van der Waals surface area contributed by atoms with E-state index in [1.165, 1.54) is 7.11 Å². The van der Waals surface area contributed by atoms with E-state index in [1.807, 2.05) is 36.4 Å². The number of carbonyl (C=O) groups excluding carboxylic acids is 1. The largest absolute Gasteiger partial charge is 0.465 e. The lowest BCUT2D eigenvalue weighted by molar-refractivity contribution is 0.0599. The van der Waals surface area contributed by atoms with Gasteiger partial charge in [0.2, 0.25) is 0 Å². The molecule has 0 radical (unpaired) electrons. The van der Waals surface area contributed by atoms with Gasteiger partial charge in [0.1, 0.15) is 11.5 Å². The lowest BCUT2D eigenvalue weighted by Crippen LogP contribution is -2.22. The van der Waals surface area contributed by atoms with E-state index in [-0.39, 0.29) is 11.9 Å². The van der Waals surface area contributed by atoms with Crippen LogP contribution in [0.25, 0.3) is 0 Å². The van der Waals surface area contributed by atoms with Crippen LogP contribution in [0, 0.1) is 0 Å². The maximum absolute atomic E-state index is 12.5. The summed E-state index contributed by atoms with van der Waals surface area (Å²) in [5.41, 5.74) is 4.44. The summed E-state index contributed by atoms with van der Waals surface area (Å²) in [5, 5.41) is 0.626. The fraction of sp³-hybridized carbons (Fsp3) is 0.240. The maximum atomic E-state index is 12.5. The van der Waals surface area contributed by atoms with E-state index in [2.05, 4.69) is 36.9 Å². The first kappa shape index (κ1) is 20.3. The highest BCUT2D eigenvalue weighted by Crippen LogP contribution is 2.49. The molecule has 3 aromatic carbocycles. The van der Waals surface area contributed by atoms with Gasteiger partial charge in [0.25, 0.3) is 0 Å². The van der Waals surface area contributed by atoms with Crippen LogP contribution in [0.4, 0.5) is 5.69 Å². The van der Waals surface area contributed by atoms with E-state index < -0.39 is 0 Å². The number of hydrogen-bond donors (Lipinski definition) is 0. The second kappa shape index (κ2) is 8.41. The van der Waals surface area contributed by atoms with E-state index in [1.54, 1.807) is 6.07 Å². The molecule has 0 aliphatic carbocycles. The predicted molar refractivity (Wildman–Crippen MR) is 120 cm³/mol. The first-order chi connectivity index (χ1) is 14.6. The smallest absolute Gasteiger partial charge is 0.338 e. The topological polar surface area (TPSA) is 38.8 Å². The Labute approximate surface area is 182 Å². The molecule has 1 atom stereocenters. The number of esters is 1. The Kier molecular flexibility index (Phi) is 5.69. The molecule has 3 aromatic rings. The first-order valence-electron chi connectivity index (χ1n) is 10.1. The van der Waals surface area contributed by atoms with Crippen LogP contribution < -0.4 is 9.64 Å². The highest BCUT2D eigenvalue weighted by atomic mass is 35.5. The Morgan fingerprint density at radius 1 is 0.967 bits per heavy atom. The standard InChI is InChI=1S/C25H24ClNO3/c1-4-27(5-2)17-11-12-20-23(15-17)30-22-13-10-16(26)14-21(22)24(20)18-8-6-7-9-19(18)25(28)29-3/h6-15,24H,4-5H2,1-3H3. The van der Waals surface area contributed by atoms with Crippen molar-refractivity contribution in [3.05, 3.63) is 87.9 Å². The molecule has 5 heteroatoms. The van der Waals surface area contributed by atoms with Crippen molar-refractivity contribution in [2.75, 3.05) is 25.1 Å². The Hall–Kier alpha value is -2.98. The van der Waals surface area contributed by atoms with E-state index in [9.17, 15) is 4.79 Å². The summed E-state index contributed by atoms with van der Waals surface area (Å²) in [6.45, 7) is 6.10. The van der Waals surface area contributed by atoms with Crippen LogP contribution in [0.5, 0.6) is 11.5 Å². The van der Waals surface area contributed by atoms with Crippen molar-refractivity contribution in [1.82, 2.24) is 0 Å². The van der Waals surface area contributed by atoms with E-state index in [0.29, 0.717) is 10.6 Å². The van der Waals surface area contributed by atoms with Crippen molar-refractivity contribution in [3.63, 3.8) is 0 Å². The molecule has 154 valence electrons. The summed E-state index contributed by atoms with van der Waals surface area (Å²) >= 11 is 6.34. The van der Waals surface area contributed by atoms with Gasteiger partial charge >= 0.3 is 5.97 Å². The van der Waals surface area contributed by atoms with Crippen LogP contribution in [0.15, 0.2) is 60.7 Å². The molecule has 0 N–H and O–H groups in total. The number of ether oxygens (including phenoxy) is 2. The third-order valence-electron chi connectivity index (χ3n) is 5.62. The SMILES string of the molecule is CCN(CC)c1ccc2c(c1)Oc1ccc(Cl)cc1C2c1ccccc1C(=O)OC. The van der Waals surface area contributed by atoms with Gasteiger partial charge in [-0.05, 0) is 49.7 Å². The minimum Gasteiger partial charge on any atom is -0.465 e. The number of fused-ring (bicyclic) bond motifs is 2. The number of rotatable bonds is 5. The number of nitrogens with zero attached hydrogens (tertiary/aromatic N) is 1. The van der Waals surface area contributed by atoms with Crippen LogP contribution in [0.1, 0.15) is 46.8 Å². The molecule has 1 heterocycles. The average Bonchev–Trinajstić information content (AvgIpc) is 2.78.